The van der Waals surface area contributed by atoms with E-state index in [4.69, 9.17) is 26.9 Å². The third-order valence-corrected chi connectivity index (χ3v) is 4.91. The average molecular weight is 338 g/mol. The number of hydrogen-bond donors (Lipinski definition) is 4. The Kier molecular flexibility index (Phi) is 5.35. The molecular weight excluding hydrogens is 322 g/mol. The molecule has 0 unspecified atom stereocenters. The van der Waals surface area contributed by atoms with E-state index in [0.717, 1.165) is 12.1 Å². The number of rotatable bonds is 6. The van der Waals surface area contributed by atoms with Crippen LogP contribution in [0.4, 0.5) is 0 Å². The van der Waals surface area contributed by atoms with Gasteiger partial charge in [-0.15, -0.1) is 0 Å². The van der Waals surface area contributed by atoms with E-state index >= 15 is 0 Å². The van der Waals surface area contributed by atoms with Crippen molar-refractivity contribution in [3.8, 4) is 0 Å². The van der Waals surface area contributed by atoms with Crippen molar-refractivity contribution in [1.82, 2.24) is 4.72 Å². The molecular formula is C12H16ClNO6S. The lowest BCUT2D eigenvalue weighted by atomic mass is 10.1. The fourth-order valence-electron chi connectivity index (χ4n) is 1.65. The predicted octanol–water partition coefficient (Wildman–Crippen LogP) is 0.368. The van der Waals surface area contributed by atoms with E-state index in [1.807, 2.05) is 0 Å². The van der Waals surface area contributed by atoms with Crippen LogP contribution in [-0.2, 0) is 10.0 Å². The summed E-state index contributed by atoms with van der Waals surface area (Å²) in [5, 5.41) is 27.3. The first-order valence-corrected chi connectivity index (χ1v) is 7.71. The van der Waals surface area contributed by atoms with Crippen molar-refractivity contribution in [3.05, 3.63) is 28.3 Å². The van der Waals surface area contributed by atoms with Gasteiger partial charge in [-0.05, 0) is 31.5 Å². The van der Waals surface area contributed by atoms with Gasteiger partial charge in [0.25, 0.3) is 0 Å². The molecule has 118 valence electrons. The Bertz CT molecular complexity index is 654. The molecule has 0 saturated heterocycles. The lowest BCUT2D eigenvalue weighted by Crippen LogP contribution is -2.51. The molecule has 0 amide bonds. The summed E-state index contributed by atoms with van der Waals surface area (Å²) in [6, 6.07) is 2.26. The van der Waals surface area contributed by atoms with E-state index in [0.29, 0.717) is 0 Å². The zero-order valence-electron chi connectivity index (χ0n) is 11.4. The van der Waals surface area contributed by atoms with Gasteiger partial charge in [0.1, 0.15) is 0 Å². The topological polar surface area (TPSA) is 124 Å². The Labute approximate surface area is 127 Å². The zero-order chi connectivity index (χ0) is 16.4. The molecule has 9 heteroatoms. The number of sulfonamides is 1. The van der Waals surface area contributed by atoms with Crippen LogP contribution in [-0.4, -0.2) is 48.5 Å². The molecule has 0 atom stereocenters. The van der Waals surface area contributed by atoms with Gasteiger partial charge in [0, 0.05) is 5.02 Å². The largest absolute Gasteiger partial charge is 0.478 e. The van der Waals surface area contributed by atoms with Crippen LogP contribution in [0.25, 0.3) is 0 Å². The molecule has 0 radical (unpaired) electrons. The summed E-state index contributed by atoms with van der Waals surface area (Å²) in [7, 11) is -4.17. The minimum absolute atomic E-state index is 0.0117. The first-order valence-electron chi connectivity index (χ1n) is 5.85. The van der Waals surface area contributed by atoms with Gasteiger partial charge in [-0.2, -0.15) is 0 Å². The van der Waals surface area contributed by atoms with Crippen LogP contribution in [0, 0.1) is 6.92 Å². The van der Waals surface area contributed by atoms with Crippen LogP contribution in [0.1, 0.15) is 22.8 Å². The number of aliphatic hydroxyl groups is 2. The van der Waals surface area contributed by atoms with E-state index < -0.39 is 34.7 Å². The molecule has 0 saturated carbocycles. The van der Waals surface area contributed by atoms with E-state index in [1.165, 1.54) is 13.8 Å². The summed E-state index contributed by atoms with van der Waals surface area (Å²) in [6.07, 6.45) is 0. The van der Waals surface area contributed by atoms with Crippen molar-refractivity contribution in [2.45, 2.75) is 24.3 Å². The maximum atomic E-state index is 12.3. The molecule has 1 rings (SSSR count). The van der Waals surface area contributed by atoms with Gasteiger partial charge in [-0.25, -0.2) is 17.9 Å². The fraction of sp³-hybridized carbons (Fsp3) is 0.417. The highest BCUT2D eigenvalue weighted by atomic mass is 35.5. The molecule has 0 spiro atoms. The Morgan fingerprint density at radius 2 is 1.86 bits per heavy atom. The Morgan fingerprint density at radius 3 is 2.29 bits per heavy atom. The molecule has 1 aromatic rings. The van der Waals surface area contributed by atoms with Gasteiger partial charge in [0.15, 0.2) is 0 Å². The van der Waals surface area contributed by atoms with Gasteiger partial charge in [0.05, 0.1) is 29.2 Å². The third-order valence-electron chi connectivity index (χ3n) is 2.92. The lowest BCUT2D eigenvalue weighted by Gasteiger charge is -2.26. The summed E-state index contributed by atoms with van der Waals surface area (Å²) in [5.74, 6) is -1.31. The summed E-state index contributed by atoms with van der Waals surface area (Å²) in [6.45, 7) is 1.38. The van der Waals surface area contributed by atoms with Gasteiger partial charge in [-0.3, -0.25) is 0 Å². The molecule has 0 heterocycles. The highest BCUT2D eigenvalue weighted by Gasteiger charge is 2.31. The second-order valence-electron chi connectivity index (χ2n) is 4.86. The quantitative estimate of drug-likeness (QED) is 0.594. The highest BCUT2D eigenvalue weighted by Crippen LogP contribution is 2.25. The number of halogens is 1. The Morgan fingerprint density at radius 1 is 1.33 bits per heavy atom. The minimum Gasteiger partial charge on any atom is -0.478 e. The number of aromatic carboxylic acids is 1. The lowest BCUT2D eigenvalue weighted by molar-refractivity contribution is 0.0695. The smallest absolute Gasteiger partial charge is 0.336 e. The minimum atomic E-state index is -4.17. The molecule has 0 aliphatic rings. The maximum absolute atomic E-state index is 12.3. The van der Waals surface area contributed by atoms with Gasteiger partial charge in [0.2, 0.25) is 10.0 Å². The molecule has 0 aliphatic carbocycles. The molecule has 1 aromatic carbocycles. The number of carbonyl (C=O) groups is 1. The van der Waals surface area contributed by atoms with Crippen molar-refractivity contribution >= 4 is 27.6 Å². The number of hydrogen-bond acceptors (Lipinski definition) is 5. The van der Waals surface area contributed by atoms with E-state index in [9.17, 15) is 13.2 Å². The van der Waals surface area contributed by atoms with Crippen LogP contribution < -0.4 is 4.72 Å². The van der Waals surface area contributed by atoms with E-state index in [-0.39, 0.29) is 21.0 Å². The number of carboxylic acid groups (broad SMARTS) is 1. The number of carboxylic acids is 1. The molecule has 7 nitrogen and oxygen atoms in total. The molecule has 4 N–H and O–H groups in total. The van der Waals surface area contributed by atoms with Gasteiger partial charge < -0.3 is 15.3 Å². The SMILES string of the molecule is Cc1c(C(=O)O)cc(Cl)cc1S(=O)(=O)NC(C)(CO)CO. The second kappa shape index (κ2) is 6.29. The summed E-state index contributed by atoms with van der Waals surface area (Å²) in [4.78, 5) is 10.8. The first-order chi connectivity index (χ1) is 9.56. The molecule has 0 bridgehead atoms. The van der Waals surface area contributed by atoms with Crippen LogP contribution in [0.2, 0.25) is 5.02 Å². The number of benzene rings is 1. The molecule has 0 aliphatic heterocycles. The van der Waals surface area contributed by atoms with Gasteiger partial charge in [-0.1, -0.05) is 11.6 Å². The molecule has 0 fully saturated rings. The Balaban J connectivity index is 3.42. The highest BCUT2D eigenvalue weighted by molar-refractivity contribution is 7.89. The normalized spacial score (nSPS) is 12.4. The monoisotopic (exact) mass is 337 g/mol. The molecule has 21 heavy (non-hydrogen) atoms. The standard InChI is InChI=1S/C12H16ClNO6S/c1-7-9(11(17)18)3-8(13)4-10(7)21(19,20)14-12(2,5-15)6-16/h3-4,14-16H,5-6H2,1-2H3,(H,17,18). The number of nitrogens with one attached hydrogen (secondary N) is 1. The van der Waals surface area contributed by atoms with Crippen molar-refractivity contribution in [2.75, 3.05) is 13.2 Å². The summed E-state index contributed by atoms with van der Waals surface area (Å²) in [5.41, 5.74) is -1.70. The van der Waals surface area contributed by atoms with Crippen LogP contribution in [0.3, 0.4) is 0 Å². The van der Waals surface area contributed by atoms with Crippen molar-refractivity contribution in [2.24, 2.45) is 0 Å². The van der Waals surface area contributed by atoms with Crippen LogP contribution in [0.5, 0.6) is 0 Å². The van der Waals surface area contributed by atoms with E-state index in [1.54, 1.807) is 0 Å². The summed E-state index contributed by atoms with van der Waals surface area (Å²) >= 11 is 5.76. The van der Waals surface area contributed by atoms with Crippen LogP contribution >= 0.6 is 11.6 Å². The Hall–Kier alpha value is -1.19. The predicted molar refractivity (Wildman–Crippen MR) is 76.0 cm³/mol. The zero-order valence-corrected chi connectivity index (χ0v) is 13.0. The van der Waals surface area contributed by atoms with Crippen molar-refractivity contribution < 1.29 is 28.5 Å². The second-order valence-corrected chi connectivity index (χ2v) is 6.95. The third kappa shape index (κ3) is 3.92. The first kappa shape index (κ1) is 17.9. The maximum Gasteiger partial charge on any atom is 0.336 e. The average Bonchev–Trinajstić information content (AvgIpc) is 2.39. The molecule has 0 aromatic heterocycles. The van der Waals surface area contributed by atoms with Gasteiger partial charge >= 0.3 is 5.97 Å². The number of aliphatic hydroxyl groups excluding tert-OH is 2. The van der Waals surface area contributed by atoms with Crippen LogP contribution in [0.15, 0.2) is 17.0 Å². The summed E-state index contributed by atoms with van der Waals surface area (Å²) < 4.78 is 26.8. The van der Waals surface area contributed by atoms with E-state index in [2.05, 4.69) is 4.72 Å². The fourth-order valence-corrected chi connectivity index (χ4v) is 3.62. The van der Waals surface area contributed by atoms with Crippen molar-refractivity contribution in [3.63, 3.8) is 0 Å². The van der Waals surface area contributed by atoms with Crippen molar-refractivity contribution in [1.29, 1.82) is 0 Å².